The Morgan fingerprint density at radius 1 is 0.618 bits per heavy atom. The minimum atomic E-state index is 0.0201. The minimum Gasteiger partial charge on any atom is -0.324 e. The van der Waals surface area contributed by atoms with Crippen LogP contribution in [0.5, 0.6) is 0 Å². The highest BCUT2D eigenvalue weighted by Crippen LogP contribution is 2.25. The van der Waals surface area contributed by atoms with Crippen LogP contribution in [0.1, 0.15) is 39.5 Å². The van der Waals surface area contributed by atoms with Gasteiger partial charge in [-0.15, -0.1) is 0 Å². The number of benzene rings is 3. The highest BCUT2D eigenvalue weighted by atomic mass is 16.1. The quantitative estimate of drug-likeness (QED) is 0.274. The van der Waals surface area contributed by atoms with Crippen LogP contribution in [0, 0.1) is 27.7 Å². The molecule has 3 aromatic carbocycles. The van der Waals surface area contributed by atoms with E-state index in [1.165, 1.54) is 0 Å². The number of nitrogens with zero attached hydrogens (tertiary/aromatic N) is 3. The fourth-order valence-electron chi connectivity index (χ4n) is 3.44. The van der Waals surface area contributed by atoms with Gasteiger partial charge in [-0.05, 0) is 93.3 Å². The normalized spacial score (nSPS) is 10.6. The summed E-state index contributed by atoms with van der Waals surface area (Å²) in [6.45, 7) is 9.71. The van der Waals surface area contributed by atoms with Gasteiger partial charge in [-0.2, -0.15) is 15.0 Å². The number of rotatable bonds is 7. The zero-order valence-corrected chi connectivity index (χ0v) is 20.0. The van der Waals surface area contributed by atoms with Crippen LogP contribution in [0.2, 0.25) is 0 Å². The van der Waals surface area contributed by atoms with E-state index in [1.807, 2.05) is 39.8 Å². The summed E-state index contributed by atoms with van der Waals surface area (Å²) < 4.78 is 0. The summed E-state index contributed by atoms with van der Waals surface area (Å²) in [7, 11) is 0. The highest BCUT2D eigenvalue weighted by Gasteiger charge is 2.11. The Morgan fingerprint density at radius 2 is 1.06 bits per heavy atom. The summed E-state index contributed by atoms with van der Waals surface area (Å²) in [6.07, 6.45) is 0. The lowest BCUT2D eigenvalue weighted by molar-refractivity contribution is 0.101. The molecule has 0 unspecified atom stereocenters. The van der Waals surface area contributed by atoms with Crippen molar-refractivity contribution in [2.75, 3.05) is 16.0 Å². The maximum atomic E-state index is 11.6. The van der Waals surface area contributed by atoms with Crippen LogP contribution >= 0.6 is 0 Å². The number of anilines is 6. The van der Waals surface area contributed by atoms with Crippen molar-refractivity contribution in [1.29, 1.82) is 0 Å². The third-order valence-electron chi connectivity index (χ3n) is 5.46. The molecule has 4 aromatic rings. The molecule has 0 atom stereocenters. The molecule has 34 heavy (non-hydrogen) atoms. The van der Waals surface area contributed by atoms with Crippen molar-refractivity contribution >= 4 is 40.7 Å². The molecule has 172 valence electrons. The molecule has 4 rings (SSSR count). The molecule has 0 saturated heterocycles. The van der Waals surface area contributed by atoms with Gasteiger partial charge in [0.25, 0.3) is 0 Å². The van der Waals surface area contributed by atoms with Gasteiger partial charge in [-0.25, -0.2) is 0 Å². The monoisotopic (exact) mass is 452 g/mol. The maximum Gasteiger partial charge on any atom is 0.233 e. The average molecular weight is 453 g/mol. The molecule has 0 spiro atoms. The Bertz CT molecular complexity index is 1280. The molecule has 7 heteroatoms. The minimum absolute atomic E-state index is 0.0201. The van der Waals surface area contributed by atoms with Gasteiger partial charge in [0.1, 0.15) is 0 Å². The van der Waals surface area contributed by atoms with Gasteiger partial charge in [-0.3, -0.25) is 4.79 Å². The van der Waals surface area contributed by atoms with Crippen LogP contribution < -0.4 is 16.0 Å². The molecule has 3 N–H and O–H groups in total. The van der Waals surface area contributed by atoms with E-state index in [2.05, 4.69) is 67.3 Å². The predicted octanol–water partition coefficient (Wildman–Crippen LogP) is 6.54. The van der Waals surface area contributed by atoms with Crippen molar-refractivity contribution in [3.63, 3.8) is 0 Å². The Labute approximate surface area is 199 Å². The average Bonchev–Trinajstić information content (AvgIpc) is 2.79. The molecule has 0 aliphatic carbocycles. The first-order chi connectivity index (χ1) is 16.3. The van der Waals surface area contributed by atoms with Gasteiger partial charge in [0.15, 0.2) is 5.78 Å². The first kappa shape index (κ1) is 22.9. The number of nitrogens with one attached hydrogen (secondary N) is 3. The molecule has 0 aliphatic rings. The smallest absolute Gasteiger partial charge is 0.233 e. The molecular weight excluding hydrogens is 424 g/mol. The zero-order chi connectivity index (χ0) is 24.2. The third-order valence-corrected chi connectivity index (χ3v) is 5.46. The van der Waals surface area contributed by atoms with Gasteiger partial charge in [0, 0.05) is 22.6 Å². The lowest BCUT2D eigenvalue weighted by Crippen LogP contribution is -2.08. The van der Waals surface area contributed by atoms with E-state index in [0.717, 1.165) is 39.3 Å². The van der Waals surface area contributed by atoms with Gasteiger partial charge in [-0.1, -0.05) is 24.3 Å². The Hall–Kier alpha value is -4.26. The first-order valence-electron chi connectivity index (χ1n) is 11.1. The molecular formula is C27H28N6O. The molecule has 1 aromatic heterocycles. The van der Waals surface area contributed by atoms with Gasteiger partial charge >= 0.3 is 0 Å². The predicted molar refractivity (Wildman–Crippen MR) is 138 cm³/mol. The Balaban J connectivity index is 1.69. The first-order valence-corrected chi connectivity index (χ1v) is 11.1. The molecule has 0 saturated carbocycles. The van der Waals surface area contributed by atoms with Crippen molar-refractivity contribution in [2.24, 2.45) is 0 Å². The molecule has 1 heterocycles. The number of aryl methyl sites for hydroxylation is 4. The van der Waals surface area contributed by atoms with E-state index >= 15 is 0 Å². The van der Waals surface area contributed by atoms with Crippen LogP contribution in [0.3, 0.4) is 0 Å². The number of ketones is 1. The SMILES string of the molecule is CC(=O)c1ccc(Nc2nc(Nc3cc(C)ccc3C)nc(Nc3cc(C)ccc3C)n2)cc1. The van der Waals surface area contributed by atoms with Crippen molar-refractivity contribution in [1.82, 2.24) is 15.0 Å². The van der Waals surface area contributed by atoms with Crippen molar-refractivity contribution in [2.45, 2.75) is 34.6 Å². The second kappa shape index (κ2) is 9.70. The largest absolute Gasteiger partial charge is 0.324 e. The molecule has 0 bridgehead atoms. The Morgan fingerprint density at radius 3 is 1.50 bits per heavy atom. The molecule has 0 amide bonds. The van der Waals surface area contributed by atoms with Gasteiger partial charge < -0.3 is 16.0 Å². The van der Waals surface area contributed by atoms with Crippen LogP contribution in [0.25, 0.3) is 0 Å². The lowest BCUT2D eigenvalue weighted by Gasteiger charge is -2.14. The van der Waals surface area contributed by atoms with E-state index in [4.69, 9.17) is 0 Å². The van der Waals surface area contributed by atoms with E-state index in [0.29, 0.717) is 23.4 Å². The van der Waals surface area contributed by atoms with Crippen LogP contribution in [-0.2, 0) is 0 Å². The van der Waals surface area contributed by atoms with Crippen LogP contribution in [0.15, 0.2) is 60.7 Å². The van der Waals surface area contributed by atoms with Gasteiger partial charge in [0.05, 0.1) is 0 Å². The number of Topliss-reactive ketones (excluding diaryl/α,β-unsaturated/α-hetero) is 1. The van der Waals surface area contributed by atoms with Crippen molar-refractivity contribution in [3.05, 3.63) is 88.5 Å². The number of aromatic nitrogens is 3. The highest BCUT2D eigenvalue weighted by molar-refractivity contribution is 5.94. The molecule has 0 aliphatic heterocycles. The summed E-state index contributed by atoms with van der Waals surface area (Å²) >= 11 is 0. The summed E-state index contributed by atoms with van der Waals surface area (Å²) in [5.74, 6) is 1.23. The maximum absolute atomic E-state index is 11.6. The number of carbonyl (C=O) groups excluding carboxylic acids is 1. The topological polar surface area (TPSA) is 91.8 Å². The lowest BCUT2D eigenvalue weighted by atomic mass is 10.1. The van der Waals surface area contributed by atoms with Crippen molar-refractivity contribution in [3.8, 4) is 0 Å². The molecule has 0 radical (unpaired) electrons. The van der Waals surface area contributed by atoms with Crippen LogP contribution in [-0.4, -0.2) is 20.7 Å². The van der Waals surface area contributed by atoms with E-state index in [1.54, 1.807) is 19.1 Å². The second-order valence-electron chi connectivity index (χ2n) is 8.45. The summed E-state index contributed by atoms with van der Waals surface area (Å²) in [5, 5.41) is 9.88. The Kier molecular flexibility index (Phi) is 6.54. The van der Waals surface area contributed by atoms with E-state index in [9.17, 15) is 4.79 Å². The molecule has 7 nitrogen and oxygen atoms in total. The van der Waals surface area contributed by atoms with Crippen molar-refractivity contribution < 1.29 is 4.79 Å². The zero-order valence-electron chi connectivity index (χ0n) is 20.0. The van der Waals surface area contributed by atoms with Gasteiger partial charge in [0.2, 0.25) is 17.8 Å². The fourth-order valence-corrected chi connectivity index (χ4v) is 3.44. The molecule has 0 fully saturated rings. The summed E-state index contributed by atoms with van der Waals surface area (Å²) in [5.41, 5.74) is 7.73. The van der Waals surface area contributed by atoms with E-state index in [-0.39, 0.29) is 5.78 Å². The number of hydrogen-bond donors (Lipinski definition) is 3. The summed E-state index contributed by atoms with van der Waals surface area (Å²) in [6, 6.07) is 19.6. The standard InChI is InChI=1S/C27H28N6O/c1-16-6-8-18(3)23(14-16)29-26-31-25(28-22-12-10-21(11-13-22)20(5)34)32-27(33-26)30-24-15-17(2)7-9-19(24)4/h6-15H,1-5H3,(H3,28,29,30,31,32,33). The number of hydrogen-bond acceptors (Lipinski definition) is 7. The third kappa shape index (κ3) is 5.56. The fraction of sp³-hybridized carbons (Fsp3) is 0.185. The summed E-state index contributed by atoms with van der Waals surface area (Å²) in [4.78, 5) is 25.4. The second-order valence-corrected chi connectivity index (χ2v) is 8.45. The number of carbonyl (C=O) groups is 1. The van der Waals surface area contributed by atoms with E-state index < -0.39 is 0 Å². The van der Waals surface area contributed by atoms with Crippen LogP contribution in [0.4, 0.5) is 34.9 Å².